The van der Waals surface area contributed by atoms with Gasteiger partial charge in [0.1, 0.15) is 16.5 Å². The molecule has 0 N–H and O–H groups in total. The smallest absolute Gasteiger partial charge is 0.112 e. The van der Waals surface area contributed by atoms with Crippen LogP contribution in [0.2, 0.25) is 52.4 Å². The van der Waals surface area contributed by atoms with Crippen LogP contribution in [0, 0.1) is 0 Å². The maximum Gasteiger partial charge on any atom is 0.112 e. The zero-order chi connectivity index (χ0) is 10.9. The minimum absolute atomic E-state index is 0.103. The van der Waals surface area contributed by atoms with Crippen LogP contribution in [0.3, 0.4) is 0 Å². The summed E-state index contributed by atoms with van der Waals surface area (Å²) in [6, 6.07) is 0. The van der Waals surface area contributed by atoms with E-state index < -0.39 is 16.5 Å². The molecular formula is C9H26NSi3. The summed E-state index contributed by atoms with van der Waals surface area (Å²) in [7, 11) is -2.23. The van der Waals surface area contributed by atoms with Crippen molar-refractivity contribution in [3.63, 3.8) is 0 Å². The highest BCUT2D eigenvalue weighted by molar-refractivity contribution is 6.90. The minimum atomic E-state index is -1.06. The summed E-state index contributed by atoms with van der Waals surface area (Å²) in [6.07, 6.45) is 1.40. The molecule has 0 aromatic heterocycles. The van der Waals surface area contributed by atoms with Crippen molar-refractivity contribution >= 4 is 25.3 Å². The summed E-state index contributed by atoms with van der Waals surface area (Å²) in [4.78, 5) is 0. The van der Waals surface area contributed by atoms with Crippen molar-refractivity contribution in [2.24, 2.45) is 0 Å². The fraction of sp³-hybridized carbons (Fsp3) is 1.00. The van der Waals surface area contributed by atoms with E-state index in [9.17, 15) is 0 Å². The molecule has 0 heterocycles. The van der Waals surface area contributed by atoms with Gasteiger partial charge in [-0.25, -0.2) is 0 Å². The number of hydrogen-bond acceptors (Lipinski definition) is 1. The fourth-order valence-electron chi connectivity index (χ4n) is 1.80. The summed E-state index contributed by atoms with van der Waals surface area (Å²) >= 11 is 0. The molecular weight excluding hydrogens is 206 g/mol. The second kappa shape index (κ2) is 4.42. The molecule has 1 nitrogen and oxygen atoms in total. The largest absolute Gasteiger partial charge is 0.348 e. The predicted octanol–water partition coefficient (Wildman–Crippen LogP) is 3.25. The monoisotopic (exact) mass is 232 g/mol. The van der Waals surface area contributed by atoms with Crippen molar-refractivity contribution in [1.29, 1.82) is 0 Å². The van der Waals surface area contributed by atoms with Gasteiger partial charge in [0.05, 0.1) is 8.80 Å². The average Bonchev–Trinajstić information content (AvgIpc) is 1.77. The Morgan fingerprint density at radius 3 is 1.23 bits per heavy atom. The molecule has 0 amide bonds. The molecule has 0 saturated carbocycles. The second-order valence-electron chi connectivity index (χ2n) is 6.13. The van der Waals surface area contributed by atoms with Crippen LogP contribution in [0.4, 0.5) is 0 Å². The Morgan fingerprint density at radius 2 is 1.15 bits per heavy atom. The lowest BCUT2D eigenvalue weighted by atomic mass is 11.5. The van der Waals surface area contributed by atoms with Gasteiger partial charge in [0, 0.05) is 0 Å². The lowest BCUT2D eigenvalue weighted by Gasteiger charge is -2.44. The van der Waals surface area contributed by atoms with Gasteiger partial charge in [-0.3, -0.25) is 0 Å². The summed E-state index contributed by atoms with van der Waals surface area (Å²) in [6.45, 7) is 19.8. The first-order chi connectivity index (χ1) is 5.55. The van der Waals surface area contributed by atoms with E-state index in [0.29, 0.717) is 0 Å². The van der Waals surface area contributed by atoms with Crippen LogP contribution in [-0.4, -0.2) is 35.7 Å². The van der Waals surface area contributed by atoms with Crippen LogP contribution in [-0.2, 0) is 0 Å². The summed E-state index contributed by atoms with van der Waals surface area (Å²) < 4.78 is 2.90. The van der Waals surface area contributed by atoms with Crippen molar-refractivity contribution in [3.05, 3.63) is 0 Å². The van der Waals surface area contributed by atoms with Crippen molar-refractivity contribution in [1.82, 2.24) is 4.23 Å². The van der Waals surface area contributed by atoms with Gasteiger partial charge < -0.3 is 4.23 Å². The Kier molecular flexibility index (Phi) is 4.63. The topological polar surface area (TPSA) is 3.24 Å². The Labute approximate surface area is 88.3 Å². The van der Waals surface area contributed by atoms with Crippen LogP contribution in [0.25, 0.3) is 0 Å². The number of rotatable bonds is 4. The second-order valence-corrected chi connectivity index (χ2v) is 19.1. The first-order valence-corrected chi connectivity index (χ1v) is 14.7. The fourth-order valence-corrected chi connectivity index (χ4v) is 16.2. The van der Waals surface area contributed by atoms with Crippen LogP contribution in [0.1, 0.15) is 0 Å². The van der Waals surface area contributed by atoms with Crippen molar-refractivity contribution in [2.75, 3.05) is 6.17 Å². The molecule has 0 aliphatic heterocycles. The minimum Gasteiger partial charge on any atom is -0.348 e. The van der Waals surface area contributed by atoms with Crippen LogP contribution < -0.4 is 0 Å². The van der Waals surface area contributed by atoms with Gasteiger partial charge in [0.2, 0.25) is 0 Å². The molecule has 0 bridgehead atoms. The van der Waals surface area contributed by atoms with Crippen molar-refractivity contribution in [2.45, 2.75) is 52.4 Å². The molecule has 0 saturated heterocycles. The zero-order valence-corrected chi connectivity index (χ0v) is 13.7. The number of nitrogens with zero attached hydrogens (tertiary/aromatic N) is 1. The van der Waals surface area contributed by atoms with E-state index in [0.717, 1.165) is 0 Å². The van der Waals surface area contributed by atoms with Crippen LogP contribution in [0.5, 0.6) is 0 Å². The lowest BCUT2D eigenvalue weighted by Crippen LogP contribution is -2.61. The van der Waals surface area contributed by atoms with Gasteiger partial charge in [0.15, 0.2) is 0 Å². The summed E-state index contributed by atoms with van der Waals surface area (Å²) in [5.74, 6) is 0. The third-order valence-corrected chi connectivity index (χ3v) is 11.3. The molecule has 1 radical (unpaired) electrons. The summed E-state index contributed by atoms with van der Waals surface area (Å²) in [5, 5.41) is 0. The predicted molar refractivity (Wildman–Crippen MR) is 70.9 cm³/mol. The van der Waals surface area contributed by atoms with Crippen LogP contribution >= 0.6 is 0 Å². The van der Waals surface area contributed by atoms with Gasteiger partial charge in [-0.2, -0.15) is 0 Å². The summed E-state index contributed by atoms with van der Waals surface area (Å²) in [5.41, 5.74) is 0. The molecule has 0 atom stereocenters. The lowest BCUT2D eigenvalue weighted by molar-refractivity contribution is 0.715. The van der Waals surface area contributed by atoms with Crippen molar-refractivity contribution < 1.29 is 0 Å². The molecule has 0 aliphatic carbocycles. The molecule has 0 rings (SSSR count). The van der Waals surface area contributed by atoms with Gasteiger partial charge in [-0.05, 0) is 6.17 Å². The van der Waals surface area contributed by atoms with E-state index in [-0.39, 0.29) is 8.80 Å². The van der Waals surface area contributed by atoms with Gasteiger partial charge in [-0.15, -0.1) is 0 Å². The van der Waals surface area contributed by atoms with Gasteiger partial charge >= 0.3 is 0 Å². The standard InChI is InChI=1S/C9H26NSi3/c1-11(2)9-10(12(3,4)5)13(6,7)8/h9H2,1-8H3. The SMILES string of the molecule is C[Si](C)CN([Si](C)(C)C)[Si](C)(C)C. The van der Waals surface area contributed by atoms with Crippen LogP contribution in [0.15, 0.2) is 0 Å². The van der Waals surface area contributed by atoms with E-state index >= 15 is 0 Å². The quantitative estimate of drug-likeness (QED) is 0.673. The first-order valence-electron chi connectivity index (χ1n) is 5.12. The Hall–Kier alpha value is 0.611. The van der Waals surface area contributed by atoms with E-state index in [4.69, 9.17) is 0 Å². The van der Waals surface area contributed by atoms with Crippen molar-refractivity contribution in [3.8, 4) is 0 Å². The molecule has 4 heteroatoms. The molecule has 0 fully saturated rings. The molecule has 0 aromatic carbocycles. The highest BCUT2D eigenvalue weighted by atomic mass is 28.4. The molecule has 13 heavy (non-hydrogen) atoms. The third-order valence-electron chi connectivity index (χ3n) is 2.09. The maximum absolute atomic E-state index is 2.90. The van der Waals surface area contributed by atoms with Gasteiger partial charge in [-0.1, -0.05) is 52.4 Å². The molecule has 0 aliphatic rings. The van der Waals surface area contributed by atoms with E-state index in [1.807, 2.05) is 0 Å². The average molecular weight is 233 g/mol. The first kappa shape index (κ1) is 13.6. The molecule has 79 valence electrons. The highest BCUT2D eigenvalue weighted by Gasteiger charge is 2.34. The number of hydrogen-bond donors (Lipinski definition) is 0. The Morgan fingerprint density at radius 1 is 0.846 bits per heavy atom. The zero-order valence-electron chi connectivity index (χ0n) is 10.7. The van der Waals surface area contributed by atoms with E-state index in [1.165, 1.54) is 6.17 Å². The van der Waals surface area contributed by atoms with Gasteiger partial charge in [0.25, 0.3) is 0 Å². The third kappa shape index (κ3) is 5.15. The molecule has 0 spiro atoms. The van der Waals surface area contributed by atoms with E-state index in [2.05, 4.69) is 56.6 Å². The molecule has 0 aromatic rings. The Balaban J connectivity index is 4.58. The maximum atomic E-state index is 2.90. The molecule has 0 unspecified atom stereocenters. The Bertz CT molecular complexity index is 141. The van der Waals surface area contributed by atoms with E-state index in [1.54, 1.807) is 0 Å². The normalized spacial score (nSPS) is 14.3. The highest BCUT2D eigenvalue weighted by Crippen LogP contribution is 2.19.